The number of benzene rings is 2. The Hall–Kier alpha value is -2.69. The summed E-state index contributed by atoms with van der Waals surface area (Å²) in [4.78, 5) is 12.3. The van der Waals surface area contributed by atoms with Crippen LogP contribution in [0.4, 0.5) is 0 Å². The van der Waals surface area contributed by atoms with Crippen molar-refractivity contribution in [2.24, 2.45) is 5.10 Å². The number of carbonyl (C=O) groups is 1. The summed E-state index contributed by atoms with van der Waals surface area (Å²) in [5, 5.41) is 4.97. The van der Waals surface area contributed by atoms with E-state index < -0.39 is 0 Å². The first kappa shape index (κ1) is 18.1. The minimum atomic E-state index is -0.297. The van der Waals surface area contributed by atoms with Crippen LogP contribution in [0.3, 0.4) is 0 Å². The smallest absolute Gasteiger partial charge is 0.267 e. The summed E-state index contributed by atoms with van der Waals surface area (Å²) in [6, 6.07) is 18.7. The number of hydrogen-bond acceptors (Lipinski definition) is 2. The molecule has 0 bridgehead atoms. The van der Waals surface area contributed by atoms with Gasteiger partial charge in [0.2, 0.25) is 0 Å². The zero-order valence-electron chi connectivity index (χ0n) is 13.8. The van der Waals surface area contributed by atoms with Crippen molar-refractivity contribution in [1.29, 1.82) is 0 Å². The van der Waals surface area contributed by atoms with Gasteiger partial charge in [0.25, 0.3) is 5.91 Å². The zero-order chi connectivity index (χ0) is 18.4. The highest BCUT2D eigenvalue weighted by Crippen LogP contribution is 2.19. The molecule has 0 spiro atoms. The third kappa shape index (κ3) is 4.91. The van der Waals surface area contributed by atoms with E-state index in [1.54, 1.807) is 30.5 Å². The number of aromatic nitrogens is 1. The van der Waals surface area contributed by atoms with Crippen molar-refractivity contribution in [2.75, 3.05) is 0 Å². The minimum absolute atomic E-state index is 0.297. The maximum absolute atomic E-state index is 12.3. The molecule has 1 amide bonds. The van der Waals surface area contributed by atoms with Crippen LogP contribution in [0.2, 0.25) is 10.0 Å². The highest BCUT2D eigenvalue weighted by atomic mass is 35.5. The van der Waals surface area contributed by atoms with E-state index in [1.165, 1.54) is 6.21 Å². The highest BCUT2D eigenvalue weighted by molar-refractivity contribution is 6.36. The van der Waals surface area contributed by atoms with E-state index in [0.717, 1.165) is 5.56 Å². The van der Waals surface area contributed by atoms with Crippen LogP contribution in [0.15, 0.2) is 78.2 Å². The lowest BCUT2D eigenvalue weighted by Gasteiger charge is -2.01. The normalized spacial score (nSPS) is 10.8. The lowest BCUT2D eigenvalue weighted by molar-refractivity contribution is -0.688. The molecule has 0 saturated heterocycles. The first-order valence-corrected chi connectivity index (χ1v) is 8.69. The van der Waals surface area contributed by atoms with Crippen LogP contribution >= 0.6 is 23.2 Å². The second-order valence-electron chi connectivity index (χ2n) is 5.62. The van der Waals surface area contributed by atoms with Gasteiger partial charge in [-0.25, -0.2) is 5.43 Å². The van der Waals surface area contributed by atoms with Crippen LogP contribution in [0, 0.1) is 0 Å². The summed E-state index contributed by atoms with van der Waals surface area (Å²) in [5.74, 6) is -0.297. The number of nitrogens with zero attached hydrogens (tertiary/aromatic N) is 2. The van der Waals surface area contributed by atoms with Crippen molar-refractivity contribution in [2.45, 2.75) is 6.54 Å². The SMILES string of the molecule is O=C(N/N=C\c1ccc(Cl)cc1Cl)c1ccc[n+](Cc2ccccc2)c1. The number of hydrazone groups is 1. The Balaban J connectivity index is 1.66. The minimum Gasteiger partial charge on any atom is -0.267 e. The standard InChI is InChI=1S/C20H15Cl2N3O/c21-18-9-8-16(19(22)11-18)12-23-24-20(26)17-7-4-10-25(14-17)13-15-5-2-1-3-6-15/h1-12,14H,13H2/p+1/b23-12-. The predicted molar refractivity (Wildman–Crippen MR) is 104 cm³/mol. The van der Waals surface area contributed by atoms with E-state index in [1.807, 2.05) is 47.2 Å². The highest BCUT2D eigenvalue weighted by Gasteiger charge is 2.10. The molecule has 1 heterocycles. The number of pyridine rings is 1. The van der Waals surface area contributed by atoms with E-state index in [2.05, 4.69) is 10.5 Å². The number of hydrogen-bond donors (Lipinski definition) is 1. The van der Waals surface area contributed by atoms with Gasteiger partial charge in [-0.15, -0.1) is 0 Å². The molecule has 4 nitrogen and oxygen atoms in total. The van der Waals surface area contributed by atoms with Crippen molar-refractivity contribution in [3.8, 4) is 0 Å². The quantitative estimate of drug-likeness (QED) is 0.401. The van der Waals surface area contributed by atoms with E-state index in [9.17, 15) is 4.79 Å². The molecule has 0 aliphatic heterocycles. The van der Waals surface area contributed by atoms with Gasteiger partial charge in [-0.3, -0.25) is 4.79 Å². The second-order valence-corrected chi connectivity index (χ2v) is 6.46. The third-order valence-corrected chi connectivity index (χ3v) is 4.22. The molecule has 0 unspecified atom stereocenters. The van der Waals surface area contributed by atoms with Crippen LogP contribution in [-0.4, -0.2) is 12.1 Å². The fourth-order valence-electron chi connectivity index (χ4n) is 2.38. The van der Waals surface area contributed by atoms with Crippen LogP contribution in [0.5, 0.6) is 0 Å². The maximum atomic E-state index is 12.3. The number of amides is 1. The van der Waals surface area contributed by atoms with Crippen molar-refractivity contribution in [3.05, 3.63) is 99.8 Å². The predicted octanol–water partition coefficient (Wildman–Crippen LogP) is 4.09. The number of nitrogens with one attached hydrogen (secondary N) is 1. The molecule has 2 aromatic carbocycles. The molecule has 0 atom stereocenters. The van der Waals surface area contributed by atoms with Gasteiger partial charge in [-0.05, 0) is 18.2 Å². The number of halogens is 2. The molecule has 3 aromatic rings. The van der Waals surface area contributed by atoms with Gasteiger partial charge in [0.05, 0.1) is 11.2 Å². The zero-order valence-corrected chi connectivity index (χ0v) is 15.3. The van der Waals surface area contributed by atoms with Crippen LogP contribution in [0.1, 0.15) is 21.5 Å². The molecular weight excluding hydrogens is 369 g/mol. The number of carbonyl (C=O) groups excluding carboxylic acids is 1. The molecule has 1 N–H and O–H groups in total. The van der Waals surface area contributed by atoms with Gasteiger partial charge in [0.1, 0.15) is 5.56 Å². The summed E-state index contributed by atoms with van der Waals surface area (Å²) in [5.41, 5.74) is 4.85. The first-order chi connectivity index (χ1) is 12.6. The summed E-state index contributed by atoms with van der Waals surface area (Å²) in [7, 11) is 0. The topological polar surface area (TPSA) is 45.3 Å². The van der Waals surface area contributed by atoms with Gasteiger partial charge in [0, 0.05) is 22.2 Å². The molecule has 130 valence electrons. The molecule has 3 rings (SSSR count). The van der Waals surface area contributed by atoms with Crippen molar-refractivity contribution in [1.82, 2.24) is 5.43 Å². The average molecular weight is 385 g/mol. The Morgan fingerprint density at radius 1 is 1.08 bits per heavy atom. The van der Waals surface area contributed by atoms with Gasteiger partial charge in [-0.2, -0.15) is 9.67 Å². The Morgan fingerprint density at radius 2 is 1.88 bits per heavy atom. The van der Waals surface area contributed by atoms with Gasteiger partial charge in [0.15, 0.2) is 18.9 Å². The van der Waals surface area contributed by atoms with E-state index in [0.29, 0.717) is 27.7 Å². The summed E-state index contributed by atoms with van der Waals surface area (Å²) < 4.78 is 1.95. The Kier molecular flexibility index (Phi) is 6.00. The molecule has 26 heavy (non-hydrogen) atoms. The average Bonchev–Trinajstić information content (AvgIpc) is 2.64. The number of rotatable bonds is 5. The molecule has 0 radical (unpaired) electrons. The van der Waals surface area contributed by atoms with E-state index in [4.69, 9.17) is 23.2 Å². The Labute approximate surface area is 161 Å². The lowest BCUT2D eigenvalue weighted by Crippen LogP contribution is -2.35. The fraction of sp³-hybridized carbons (Fsp3) is 0.0500. The van der Waals surface area contributed by atoms with Gasteiger partial charge in [-0.1, -0.05) is 59.6 Å². The molecule has 0 aliphatic carbocycles. The summed E-state index contributed by atoms with van der Waals surface area (Å²) >= 11 is 11.9. The van der Waals surface area contributed by atoms with E-state index in [-0.39, 0.29) is 5.91 Å². The summed E-state index contributed by atoms with van der Waals surface area (Å²) in [6.07, 6.45) is 5.19. The van der Waals surface area contributed by atoms with Crippen LogP contribution in [-0.2, 0) is 6.54 Å². The Bertz CT molecular complexity index is 943. The molecule has 0 saturated carbocycles. The van der Waals surface area contributed by atoms with Crippen LogP contribution < -0.4 is 9.99 Å². The molecular formula is C20H16Cl2N3O+. The van der Waals surface area contributed by atoms with Gasteiger partial charge >= 0.3 is 0 Å². The first-order valence-electron chi connectivity index (χ1n) is 7.93. The van der Waals surface area contributed by atoms with Crippen molar-refractivity contribution in [3.63, 3.8) is 0 Å². The van der Waals surface area contributed by atoms with Crippen molar-refractivity contribution >= 4 is 35.3 Å². The van der Waals surface area contributed by atoms with Crippen molar-refractivity contribution < 1.29 is 9.36 Å². The monoisotopic (exact) mass is 384 g/mol. The second kappa shape index (κ2) is 8.61. The summed E-state index contributed by atoms with van der Waals surface area (Å²) in [6.45, 7) is 0.686. The molecule has 6 heteroatoms. The Morgan fingerprint density at radius 3 is 2.65 bits per heavy atom. The largest absolute Gasteiger partial charge is 0.277 e. The molecule has 0 fully saturated rings. The maximum Gasteiger partial charge on any atom is 0.277 e. The van der Waals surface area contributed by atoms with E-state index >= 15 is 0 Å². The van der Waals surface area contributed by atoms with Crippen LogP contribution in [0.25, 0.3) is 0 Å². The van der Waals surface area contributed by atoms with Gasteiger partial charge < -0.3 is 0 Å². The third-order valence-electron chi connectivity index (χ3n) is 3.66. The lowest BCUT2D eigenvalue weighted by atomic mass is 10.2. The molecule has 1 aromatic heterocycles. The molecule has 0 aliphatic rings. The fourth-order valence-corrected chi connectivity index (χ4v) is 2.84.